The van der Waals surface area contributed by atoms with Crippen LogP contribution in [0.2, 0.25) is 0 Å². The Morgan fingerprint density at radius 3 is 1.75 bits per heavy atom. The summed E-state index contributed by atoms with van der Waals surface area (Å²) in [5.74, 6) is 0. The van der Waals surface area contributed by atoms with Crippen molar-refractivity contribution in [1.29, 1.82) is 0 Å². The monoisotopic (exact) mass is 729 g/mol. The zero-order valence-corrected chi connectivity index (χ0v) is 31.0. The van der Waals surface area contributed by atoms with Gasteiger partial charge in [0, 0.05) is 55.9 Å². The topological polar surface area (TPSA) is 34.2 Å². The van der Waals surface area contributed by atoms with Gasteiger partial charge in [0.2, 0.25) is 0 Å². The summed E-state index contributed by atoms with van der Waals surface area (Å²) in [4.78, 5) is 7.32. The molecular weight excluding hydrogens is 695 g/mol. The van der Waals surface area contributed by atoms with Crippen LogP contribution in [0.15, 0.2) is 217 Å². The maximum absolute atomic E-state index is 6.44. The average molecular weight is 730 g/mol. The quantitative estimate of drug-likeness (QED) is 0.164. The highest BCUT2D eigenvalue weighted by molar-refractivity contribution is 6.10. The summed E-state index contributed by atoms with van der Waals surface area (Å²) in [5, 5.41) is 4.55. The van der Waals surface area contributed by atoms with Crippen LogP contribution in [0.1, 0.15) is 0 Å². The number of para-hydroxylation sites is 3. The fourth-order valence-electron chi connectivity index (χ4n) is 8.39. The van der Waals surface area contributed by atoms with E-state index in [1.54, 1.807) is 0 Å². The first-order chi connectivity index (χ1) is 28.3. The third-order valence-electron chi connectivity index (χ3n) is 11.1. The molecule has 11 rings (SSSR count). The van der Waals surface area contributed by atoms with Crippen LogP contribution in [-0.2, 0) is 0 Å². The maximum Gasteiger partial charge on any atom is 0.145 e. The molecule has 11 aromatic rings. The number of rotatable bonds is 7. The lowest BCUT2D eigenvalue weighted by Crippen LogP contribution is -2.11. The number of pyridine rings is 1. The van der Waals surface area contributed by atoms with Crippen molar-refractivity contribution in [1.82, 2.24) is 9.55 Å². The highest BCUT2D eigenvalue weighted by atomic mass is 16.3. The Hall–Kier alpha value is -7.69. The summed E-state index contributed by atoms with van der Waals surface area (Å²) in [6.07, 6.45) is 1.89. The Bertz CT molecular complexity index is 3160. The van der Waals surface area contributed by atoms with Crippen LogP contribution in [0, 0.1) is 0 Å². The number of furan rings is 1. The molecule has 0 aliphatic rings. The van der Waals surface area contributed by atoms with Crippen LogP contribution in [0.5, 0.6) is 0 Å². The van der Waals surface area contributed by atoms with Crippen molar-refractivity contribution in [2.24, 2.45) is 0 Å². The number of aromatic nitrogens is 2. The molecular formula is C53H35N3O. The van der Waals surface area contributed by atoms with E-state index in [9.17, 15) is 0 Å². The first-order valence-corrected chi connectivity index (χ1v) is 19.3. The number of benzene rings is 8. The lowest BCUT2D eigenvalue weighted by atomic mass is 10.0. The van der Waals surface area contributed by atoms with Crippen molar-refractivity contribution in [3.05, 3.63) is 212 Å². The number of nitrogens with zero attached hydrogens (tertiary/aromatic N) is 3. The van der Waals surface area contributed by atoms with Gasteiger partial charge >= 0.3 is 0 Å². The molecule has 0 radical (unpaired) electrons. The van der Waals surface area contributed by atoms with E-state index in [0.717, 1.165) is 83.5 Å². The Labute approximate surface area is 330 Å². The Morgan fingerprint density at radius 1 is 0.404 bits per heavy atom. The van der Waals surface area contributed by atoms with E-state index in [1.165, 1.54) is 16.5 Å². The lowest BCUT2D eigenvalue weighted by molar-refractivity contribution is 0.670. The van der Waals surface area contributed by atoms with Gasteiger partial charge in [-0.3, -0.25) is 4.57 Å². The molecule has 268 valence electrons. The standard InChI is InChI=1S/C53H35N3O/c1-3-13-36(14-4-1)37-24-28-40(29-25-37)55(41-30-26-39(27-31-41)44-19-11-20-47-46-18-8-10-23-51(46)57-52(44)47)42-32-33-43(38-15-5-2-6-16-38)50(35-42)56-49-22-9-7-17-45(49)48-21-12-34-54-53(48)56/h1-35H. The SMILES string of the molecule is c1ccc(-c2ccc(N(c3ccc(-c4cccc5c4oc4ccccc45)cc3)c3ccc(-c4ccccc4)c(-n4c5ccccc5c5cccnc54)c3)cc2)cc1. The van der Waals surface area contributed by atoms with Gasteiger partial charge in [-0.1, -0.05) is 146 Å². The molecule has 0 aliphatic carbocycles. The number of fused-ring (bicyclic) bond motifs is 6. The fourth-order valence-corrected chi connectivity index (χ4v) is 8.39. The molecule has 0 atom stereocenters. The van der Waals surface area contributed by atoms with Crippen molar-refractivity contribution in [2.45, 2.75) is 0 Å². The van der Waals surface area contributed by atoms with E-state index < -0.39 is 0 Å². The number of anilines is 3. The van der Waals surface area contributed by atoms with E-state index >= 15 is 0 Å². The molecule has 0 unspecified atom stereocenters. The first-order valence-electron chi connectivity index (χ1n) is 19.3. The van der Waals surface area contributed by atoms with E-state index in [4.69, 9.17) is 9.40 Å². The van der Waals surface area contributed by atoms with Gasteiger partial charge in [0.15, 0.2) is 0 Å². The summed E-state index contributed by atoms with van der Waals surface area (Å²) in [5.41, 5.74) is 14.8. The molecule has 3 heterocycles. The fraction of sp³-hybridized carbons (Fsp3) is 0. The molecule has 3 aromatic heterocycles. The van der Waals surface area contributed by atoms with Crippen molar-refractivity contribution in [2.75, 3.05) is 4.90 Å². The van der Waals surface area contributed by atoms with E-state index in [-0.39, 0.29) is 0 Å². The number of hydrogen-bond acceptors (Lipinski definition) is 3. The van der Waals surface area contributed by atoms with Crippen molar-refractivity contribution < 1.29 is 4.42 Å². The van der Waals surface area contributed by atoms with Gasteiger partial charge < -0.3 is 9.32 Å². The van der Waals surface area contributed by atoms with Crippen LogP contribution in [0.3, 0.4) is 0 Å². The van der Waals surface area contributed by atoms with Crippen LogP contribution in [0.4, 0.5) is 17.1 Å². The number of hydrogen-bond donors (Lipinski definition) is 0. The molecule has 0 amide bonds. The van der Waals surface area contributed by atoms with Crippen LogP contribution in [0.25, 0.3) is 82.9 Å². The van der Waals surface area contributed by atoms with Gasteiger partial charge in [-0.15, -0.1) is 0 Å². The van der Waals surface area contributed by atoms with E-state index in [2.05, 4.69) is 198 Å². The summed E-state index contributed by atoms with van der Waals surface area (Å²) >= 11 is 0. The van der Waals surface area contributed by atoms with Gasteiger partial charge in [-0.25, -0.2) is 4.98 Å². The van der Waals surface area contributed by atoms with Crippen molar-refractivity contribution >= 4 is 60.9 Å². The molecule has 0 N–H and O–H groups in total. The molecule has 8 aromatic carbocycles. The minimum atomic E-state index is 0.898. The summed E-state index contributed by atoms with van der Waals surface area (Å²) in [6, 6.07) is 73.1. The van der Waals surface area contributed by atoms with Gasteiger partial charge in [-0.05, 0) is 82.9 Å². The summed E-state index contributed by atoms with van der Waals surface area (Å²) in [7, 11) is 0. The maximum atomic E-state index is 6.44. The molecule has 0 saturated carbocycles. The first kappa shape index (κ1) is 32.7. The second-order valence-electron chi connectivity index (χ2n) is 14.4. The minimum absolute atomic E-state index is 0.898. The second kappa shape index (κ2) is 13.6. The Balaban J connectivity index is 1.11. The van der Waals surface area contributed by atoms with Gasteiger partial charge in [0.05, 0.1) is 11.2 Å². The normalized spacial score (nSPS) is 11.5. The minimum Gasteiger partial charge on any atom is -0.455 e. The Morgan fingerprint density at radius 2 is 0.982 bits per heavy atom. The molecule has 0 saturated heterocycles. The molecule has 0 bridgehead atoms. The zero-order valence-electron chi connectivity index (χ0n) is 31.0. The van der Waals surface area contributed by atoms with Gasteiger partial charge in [-0.2, -0.15) is 0 Å². The summed E-state index contributed by atoms with van der Waals surface area (Å²) in [6.45, 7) is 0. The third-order valence-corrected chi connectivity index (χ3v) is 11.1. The van der Waals surface area contributed by atoms with Crippen LogP contribution in [-0.4, -0.2) is 9.55 Å². The molecule has 0 aliphatic heterocycles. The Kier molecular flexibility index (Phi) is 7.78. The predicted octanol–water partition coefficient (Wildman–Crippen LogP) is 14.5. The largest absolute Gasteiger partial charge is 0.455 e. The zero-order chi connectivity index (χ0) is 37.7. The molecule has 4 nitrogen and oxygen atoms in total. The predicted molar refractivity (Wildman–Crippen MR) is 237 cm³/mol. The average Bonchev–Trinajstić information content (AvgIpc) is 3.84. The van der Waals surface area contributed by atoms with Crippen LogP contribution >= 0.6 is 0 Å². The van der Waals surface area contributed by atoms with Gasteiger partial charge in [0.1, 0.15) is 16.8 Å². The lowest BCUT2D eigenvalue weighted by Gasteiger charge is -2.27. The highest BCUT2D eigenvalue weighted by Gasteiger charge is 2.21. The van der Waals surface area contributed by atoms with Crippen LogP contribution < -0.4 is 4.90 Å². The second-order valence-corrected chi connectivity index (χ2v) is 14.4. The third kappa shape index (κ3) is 5.58. The highest BCUT2D eigenvalue weighted by Crippen LogP contribution is 2.43. The molecule has 57 heavy (non-hydrogen) atoms. The van der Waals surface area contributed by atoms with Crippen molar-refractivity contribution in [3.63, 3.8) is 0 Å². The summed E-state index contributed by atoms with van der Waals surface area (Å²) < 4.78 is 8.77. The van der Waals surface area contributed by atoms with E-state index in [0.29, 0.717) is 0 Å². The smallest absolute Gasteiger partial charge is 0.145 e. The van der Waals surface area contributed by atoms with Crippen molar-refractivity contribution in [3.8, 4) is 39.1 Å². The molecule has 0 spiro atoms. The molecule has 4 heteroatoms. The van der Waals surface area contributed by atoms with Gasteiger partial charge in [0.25, 0.3) is 0 Å². The van der Waals surface area contributed by atoms with E-state index in [1.807, 2.05) is 24.4 Å². The molecule has 0 fully saturated rings.